The predicted molar refractivity (Wildman–Crippen MR) is 82.0 cm³/mol. The molecule has 3 N–H and O–H groups in total. The van der Waals surface area contributed by atoms with Crippen molar-refractivity contribution in [3.63, 3.8) is 0 Å². The number of benzene rings is 2. The maximum Gasteiger partial charge on any atom is 0.265 e. The Labute approximate surface area is 127 Å². The molecule has 0 saturated heterocycles. The highest BCUT2D eigenvalue weighted by Crippen LogP contribution is 2.32. The number of carbonyl (C=O) groups is 1. The Morgan fingerprint density at radius 2 is 1.95 bits per heavy atom. The average molecular weight is 294 g/mol. The van der Waals surface area contributed by atoms with Crippen molar-refractivity contribution in [1.82, 2.24) is 16.2 Å². The zero-order valence-electron chi connectivity index (χ0n) is 11.7. The molecule has 0 aromatic heterocycles. The summed E-state index contributed by atoms with van der Waals surface area (Å²) in [6, 6.07) is 15.1. The molecule has 0 spiro atoms. The molecule has 2 aliphatic heterocycles. The number of amides is 1. The summed E-state index contributed by atoms with van der Waals surface area (Å²) in [5.41, 5.74) is 7.89. The summed E-state index contributed by atoms with van der Waals surface area (Å²) in [6.07, 6.45) is -0.198. The average Bonchev–Trinajstić information content (AvgIpc) is 2.57. The van der Waals surface area contributed by atoms with Crippen LogP contribution in [0.25, 0.3) is 0 Å². The first-order chi connectivity index (χ1) is 10.8. The number of aliphatic imine (C=N–C) groups is 1. The highest BCUT2D eigenvalue weighted by molar-refractivity contribution is 6.00. The molecule has 2 heterocycles. The van der Waals surface area contributed by atoms with E-state index in [2.05, 4.69) is 21.2 Å². The van der Waals surface area contributed by atoms with Crippen molar-refractivity contribution in [3.8, 4) is 5.75 Å². The van der Waals surface area contributed by atoms with Crippen molar-refractivity contribution in [2.24, 2.45) is 4.99 Å². The van der Waals surface area contributed by atoms with Gasteiger partial charge in [0.2, 0.25) is 0 Å². The van der Waals surface area contributed by atoms with E-state index >= 15 is 0 Å². The Bertz CT molecular complexity index is 758. The fourth-order valence-electron chi connectivity index (χ4n) is 2.62. The number of hydrogen-bond donors (Lipinski definition) is 3. The van der Waals surface area contributed by atoms with Gasteiger partial charge in [0.15, 0.2) is 0 Å². The number of ether oxygens (including phenoxy) is 1. The van der Waals surface area contributed by atoms with Crippen LogP contribution < -0.4 is 20.9 Å². The van der Waals surface area contributed by atoms with Crippen LogP contribution in [0.2, 0.25) is 0 Å². The summed E-state index contributed by atoms with van der Waals surface area (Å²) in [5, 5.41) is 3.24. The smallest absolute Gasteiger partial charge is 0.265 e. The topological polar surface area (TPSA) is 74.8 Å². The lowest BCUT2D eigenvalue weighted by Crippen LogP contribution is -2.53. The van der Waals surface area contributed by atoms with Gasteiger partial charge >= 0.3 is 0 Å². The number of hydrazine groups is 1. The number of nitrogens with one attached hydrogen (secondary N) is 3. The summed E-state index contributed by atoms with van der Waals surface area (Å²) in [4.78, 5) is 16.4. The summed E-state index contributed by atoms with van der Waals surface area (Å²) >= 11 is 0. The Kier molecular flexibility index (Phi) is 3.01. The molecular formula is C16H14N4O2. The minimum Gasteiger partial charge on any atom is -0.486 e. The molecule has 4 rings (SSSR count). The minimum atomic E-state index is -0.198. The van der Waals surface area contributed by atoms with E-state index in [4.69, 9.17) is 4.74 Å². The van der Waals surface area contributed by atoms with E-state index in [0.29, 0.717) is 18.0 Å². The third-order valence-corrected chi connectivity index (χ3v) is 3.63. The van der Waals surface area contributed by atoms with Crippen LogP contribution in [0, 0.1) is 0 Å². The zero-order valence-corrected chi connectivity index (χ0v) is 11.7. The van der Waals surface area contributed by atoms with Crippen LogP contribution in [0.4, 0.5) is 5.69 Å². The molecule has 1 atom stereocenters. The Hall–Kier alpha value is -2.86. The lowest BCUT2D eigenvalue weighted by atomic mass is 9.99. The Morgan fingerprint density at radius 3 is 2.82 bits per heavy atom. The van der Waals surface area contributed by atoms with Gasteiger partial charge in [-0.05, 0) is 24.3 Å². The molecule has 0 saturated carbocycles. The molecule has 0 fully saturated rings. The van der Waals surface area contributed by atoms with Gasteiger partial charge in [-0.1, -0.05) is 24.3 Å². The number of carbonyl (C=O) groups excluding carboxylic acids is 1. The van der Waals surface area contributed by atoms with Crippen LogP contribution >= 0.6 is 0 Å². The van der Waals surface area contributed by atoms with Gasteiger partial charge in [0.1, 0.15) is 24.4 Å². The van der Waals surface area contributed by atoms with Gasteiger partial charge < -0.3 is 10.1 Å². The van der Waals surface area contributed by atoms with Crippen molar-refractivity contribution >= 4 is 17.4 Å². The molecule has 1 unspecified atom stereocenters. The second-order valence-electron chi connectivity index (χ2n) is 5.07. The molecule has 0 bridgehead atoms. The Balaban J connectivity index is 1.61. The standard InChI is InChI=1S/C16H14N4O2/c21-16-11-7-4-8-12-14(11)15(19-20-16)18-13(17-12)9-22-10-5-2-1-3-6-10/h1-8,15,19H,9H2,(H,17,18)(H,20,21). The van der Waals surface area contributed by atoms with Crippen LogP contribution in [0.3, 0.4) is 0 Å². The van der Waals surface area contributed by atoms with Crippen molar-refractivity contribution in [2.45, 2.75) is 6.17 Å². The monoisotopic (exact) mass is 294 g/mol. The maximum atomic E-state index is 11.8. The molecule has 2 aromatic rings. The fourth-order valence-corrected chi connectivity index (χ4v) is 2.62. The molecule has 2 aromatic carbocycles. The van der Waals surface area contributed by atoms with E-state index in [0.717, 1.165) is 17.0 Å². The number of para-hydroxylation sites is 1. The van der Waals surface area contributed by atoms with E-state index in [1.165, 1.54) is 0 Å². The van der Waals surface area contributed by atoms with Crippen molar-refractivity contribution in [1.29, 1.82) is 0 Å². The minimum absolute atomic E-state index is 0.144. The quantitative estimate of drug-likeness (QED) is 0.804. The Morgan fingerprint density at radius 1 is 1.09 bits per heavy atom. The lowest BCUT2D eigenvalue weighted by molar-refractivity contribution is 0.0904. The fraction of sp³-hybridized carbons (Fsp3) is 0.125. The van der Waals surface area contributed by atoms with Gasteiger partial charge in [0.05, 0.1) is 5.69 Å². The number of rotatable bonds is 3. The molecular weight excluding hydrogens is 280 g/mol. The van der Waals surface area contributed by atoms with E-state index in [1.807, 2.05) is 42.5 Å². The van der Waals surface area contributed by atoms with Crippen molar-refractivity contribution < 1.29 is 9.53 Å². The van der Waals surface area contributed by atoms with Crippen LogP contribution in [-0.4, -0.2) is 18.3 Å². The number of amidine groups is 1. The first-order valence-corrected chi connectivity index (χ1v) is 7.02. The normalized spacial score (nSPS) is 18.6. The molecule has 22 heavy (non-hydrogen) atoms. The maximum absolute atomic E-state index is 11.8. The van der Waals surface area contributed by atoms with Gasteiger partial charge in [-0.2, -0.15) is 0 Å². The molecule has 1 amide bonds. The highest BCUT2D eigenvalue weighted by atomic mass is 16.5. The molecule has 6 nitrogen and oxygen atoms in total. The van der Waals surface area contributed by atoms with Gasteiger partial charge in [0, 0.05) is 11.1 Å². The second-order valence-corrected chi connectivity index (χ2v) is 5.07. The SMILES string of the molecule is O=C1NNC2NC(COc3ccccc3)=Nc3cccc1c32. The molecule has 0 aliphatic carbocycles. The van der Waals surface area contributed by atoms with Crippen LogP contribution in [-0.2, 0) is 0 Å². The number of nitrogens with zero attached hydrogens (tertiary/aromatic N) is 1. The first-order valence-electron chi connectivity index (χ1n) is 7.02. The van der Waals surface area contributed by atoms with E-state index in [1.54, 1.807) is 6.07 Å². The molecule has 6 heteroatoms. The summed E-state index contributed by atoms with van der Waals surface area (Å²) in [6.45, 7) is 0.333. The van der Waals surface area contributed by atoms with Crippen molar-refractivity contribution in [3.05, 3.63) is 59.7 Å². The summed E-state index contributed by atoms with van der Waals surface area (Å²) in [7, 11) is 0. The third kappa shape index (κ3) is 2.19. The van der Waals surface area contributed by atoms with Crippen LogP contribution in [0.1, 0.15) is 22.1 Å². The number of hydrogen-bond acceptors (Lipinski definition) is 5. The van der Waals surface area contributed by atoms with E-state index in [-0.39, 0.29) is 12.1 Å². The molecule has 0 radical (unpaired) electrons. The van der Waals surface area contributed by atoms with Crippen LogP contribution in [0.15, 0.2) is 53.5 Å². The van der Waals surface area contributed by atoms with Gasteiger partial charge in [-0.15, -0.1) is 0 Å². The third-order valence-electron chi connectivity index (χ3n) is 3.63. The van der Waals surface area contributed by atoms with E-state index in [9.17, 15) is 4.79 Å². The molecule has 2 aliphatic rings. The molecule has 110 valence electrons. The zero-order chi connectivity index (χ0) is 14.9. The summed E-state index contributed by atoms with van der Waals surface area (Å²) < 4.78 is 5.71. The highest BCUT2D eigenvalue weighted by Gasteiger charge is 2.31. The summed E-state index contributed by atoms with van der Waals surface area (Å²) in [5.74, 6) is 1.35. The predicted octanol–water partition coefficient (Wildman–Crippen LogP) is 1.65. The largest absolute Gasteiger partial charge is 0.486 e. The van der Waals surface area contributed by atoms with Crippen molar-refractivity contribution in [2.75, 3.05) is 6.61 Å². The first kappa shape index (κ1) is 12.8. The van der Waals surface area contributed by atoms with Crippen LogP contribution in [0.5, 0.6) is 5.75 Å². The van der Waals surface area contributed by atoms with Gasteiger partial charge in [-0.25, -0.2) is 10.4 Å². The second kappa shape index (κ2) is 5.16. The lowest BCUT2D eigenvalue weighted by Gasteiger charge is -2.32. The van der Waals surface area contributed by atoms with E-state index < -0.39 is 0 Å². The van der Waals surface area contributed by atoms with Gasteiger partial charge in [-0.3, -0.25) is 10.2 Å². The van der Waals surface area contributed by atoms with Gasteiger partial charge in [0.25, 0.3) is 5.91 Å².